The van der Waals surface area contributed by atoms with E-state index in [0.29, 0.717) is 0 Å². The highest BCUT2D eigenvalue weighted by molar-refractivity contribution is 7.52. The summed E-state index contributed by atoms with van der Waals surface area (Å²) in [5.41, 5.74) is -3.02. The van der Waals surface area contributed by atoms with E-state index in [-0.39, 0.29) is 17.1 Å². The quantitative estimate of drug-likeness (QED) is 0.399. The Hall–Kier alpha value is -2.18. The standard InChI is InChI=1S/C14H19FN5O7P/c1-5(2)11(22)18-14-17-10-8(12(23)19-14)16-4-20(10)13-9(28(24,25)26)7(15)6(3-21)27-13/h4-7,9,13,21H,3H2,1-2H3,(H2,24,25,26)(H2,17,18,19,22,23)/t6-,7+,9-,13-/m1/s1. The van der Waals surface area contributed by atoms with Gasteiger partial charge < -0.3 is 19.6 Å². The number of aromatic nitrogens is 4. The summed E-state index contributed by atoms with van der Waals surface area (Å²) in [6.07, 6.45) is -4.17. The summed E-state index contributed by atoms with van der Waals surface area (Å²) >= 11 is 0. The van der Waals surface area contributed by atoms with Crippen LogP contribution in [0.3, 0.4) is 0 Å². The lowest BCUT2D eigenvalue weighted by molar-refractivity contribution is -0.118. The molecular formula is C14H19FN5O7P. The third-order valence-corrected chi connectivity index (χ3v) is 5.65. The van der Waals surface area contributed by atoms with Crippen LogP contribution in [-0.4, -0.2) is 64.9 Å². The molecule has 0 saturated carbocycles. The number of imidazole rings is 1. The molecule has 0 spiro atoms. The van der Waals surface area contributed by atoms with Crippen molar-refractivity contribution in [1.82, 2.24) is 19.5 Å². The van der Waals surface area contributed by atoms with E-state index in [1.54, 1.807) is 13.8 Å². The second-order valence-corrected chi connectivity index (χ2v) is 8.43. The Morgan fingerprint density at radius 2 is 2.18 bits per heavy atom. The number of ether oxygens (including phenoxy) is 1. The molecule has 12 nitrogen and oxygen atoms in total. The molecule has 0 aliphatic carbocycles. The molecule has 0 aromatic carbocycles. The number of fused-ring (bicyclic) bond motifs is 1. The van der Waals surface area contributed by atoms with Crippen LogP contribution in [0.2, 0.25) is 0 Å². The van der Waals surface area contributed by atoms with Crippen LogP contribution in [0.4, 0.5) is 10.3 Å². The molecule has 0 unspecified atom stereocenters. The molecule has 14 heteroatoms. The largest absolute Gasteiger partial charge is 0.394 e. The minimum absolute atomic E-state index is 0.169. The highest BCUT2D eigenvalue weighted by Gasteiger charge is 2.54. The van der Waals surface area contributed by atoms with E-state index >= 15 is 0 Å². The SMILES string of the molecule is CC(C)C(=O)Nc1nc2c(ncn2[C@@H]2O[C@H](CO)[C@H](F)[C@H]2P(=O)(O)O)c(=O)[nH]1. The Bertz CT molecular complexity index is 1000. The van der Waals surface area contributed by atoms with Gasteiger partial charge >= 0.3 is 7.60 Å². The van der Waals surface area contributed by atoms with Crippen LogP contribution < -0.4 is 10.9 Å². The van der Waals surface area contributed by atoms with E-state index in [0.717, 1.165) is 10.9 Å². The topological polar surface area (TPSA) is 180 Å². The van der Waals surface area contributed by atoms with Crippen molar-refractivity contribution in [2.24, 2.45) is 5.92 Å². The summed E-state index contributed by atoms with van der Waals surface area (Å²) in [4.78, 5) is 53.4. The predicted octanol–water partition coefficient (Wildman–Crippen LogP) is -0.512. The van der Waals surface area contributed by atoms with Crippen LogP contribution in [0, 0.1) is 5.92 Å². The second-order valence-electron chi connectivity index (χ2n) is 6.65. The number of aliphatic hydroxyl groups excluding tert-OH is 1. The fraction of sp³-hybridized carbons (Fsp3) is 0.571. The predicted molar refractivity (Wildman–Crippen MR) is 93.3 cm³/mol. The molecule has 0 radical (unpaired) electrons. The normalized spacial score (nSPS) is 25.5. The van der Waals surface area contributed by atoms with Gasteiger partial charge in [-0.25, -0.2) is 9.37 Å². The van der Waals surface area contributed by atoms with Crippen molar-refractivity contribution in [2.45, 2.75) is 38.0 Å². The third kappa shape index (κ3) is 3.59. The maximum Gasteiger partial charge on any atom is 0.336 e. The summed E-state index contributed by atoms with van der Waals surface area (Å²) in [7, 11) is -5.00. The van der Waals surface area contributed by atoms with Gasteiger partial charge in [0.25, 0.3) is 5.56 Å². The molecule has 0 bridgehead atoms. The number of hydrogen-bond donors (Lipinski definition) is 5. The van der Waals surface area contributed by atoms with Crippen LogP contribution in [0.25, 0.3) is 11.2 Å². The van der Waals surface area contributed by atoms with Crippen LogP contribution in [0.15, 0.2) is 11.1 Å². The van der Waals surface area contributed by atoms with Crippen molar-refractivity contribution in [2.75, 3.05) is 11.9 Å². The summed E-state index contributed by atoms with van der Waals surface area (Å²) in [6, 6.07) is 0. The van der Waals surface area contributed by atoms with Gasteiger partial charge in [0, 0.05) is 5.92 Å². The van der Waals surface area contributed by atoms with E-state index in [9.17, 15) is 33.4 Å². The number of nitrogens with one attached hydrogen (secondary N) is 2. The van der Waals surface area contributed by atoms with Crippen LogP contribution in [0.1, 0.15) is 20.1 Å². The molecule has 1 amide bonds. The smallest absolute Gasteiger partial charge is 0.336 e. The van der Waals surface area contributed by atoms with Gasteiger partial charge in [-0.2, -0.15) is 4.98 Å². The molecule has 154 valence electrons. The van der Waals surface area contributed by atoms with Gasteiger partial charge in [0.15, 0.2) is 17.4 Å². The summed E-state index contributed by atoms with van der Waals surface area (Å²) in [6.45, 7) is 2.46. The molecule has 4 atom stereocenters. The van der Waals surface area contributed by atoms with Crippen molar-refractivity contribution in [3.63, 3.8) is 0 Å². The van der Waals surface area contributed by atoms with Crippen molar-refractivity contribution in [1.29, 1.82) is 0 Å². The van der Waals surface area contributed by atoms with Gasteiger partial charge in [-0.3, -0.25) is 29.0 Å². The Morgan fingerprint density at radius 1 is 1.50 bits per heavy atom. The maximum atomic E-state index is 14.5. The fourth-order valence-corrected chi connectivity index (χ4v) is 3.98. The lowest BCUT2D eigenvalue weighted by atomic mass is 10.2. The zero-order valence-corrected chi connectivity index (χ0v) is 15.7. The first-order chi connectivity index (χ1) is 13.0. The Kier molecular flexibility index (Phi) is 5.38. The first-order valence-electron chi connectivity index (χ1n) is 8.28. The van der Waals surface area contributed by atoms with Gasteiger partial charge in [0.2, 0.25) is 11.9 Å². The molecule has 3 heterocycles. The van der Waals surface area contributed by atoms with Gasteiger partial charge in [0.1, 0.15) is 17.9 Å². The maximum absolute atomic E-state index is 14.5. The minimum Gasteiger partial charge on any atom is -0.394 e. The van der Waals surface area contributed by atoms with Crippen LogP contribution >= 0.6 is 7.60 Å². The number of carbonyl (C=O) groups is 1. The number of halogens is 1. The van der Waals surface area contributed by atoms with Gasteiger partial charge in [-0.05, 0) is 0 Å². The number of H-pyrrole nitrogens is 1. The van der Waals surface area contributed by atoms with E-state index < -0.39 is 55.7 Å². The first-order valence-corrected chi connectivity index (χ1v) is 9.96. The van der Waals surface area contributed by atoms with E-state index in [2.05, 4.69) is 20.3 Å². The average molecular weight is 419 g/mol. The molecule has 2 aromatic heterocycles. The molecule has 2 aromatic rings. The number of aromatic amines is 1. The fourth-order valence-electron chi connectivity index (χ4n) is 2.87. The van der Waals surface area contributed by atoms with Crippen molar-refractivity contribution in [3.05, 3.63) is 16.7 Å². The number of hydrogen-bond acceptors (Lipinski definition) is 7. The van der Waals surface area contributed by atoms with E-state index in [4.69, 9.17) is 4.74 Å². The molecule has 1 aliphatic rings. The number of nitrogens with zero attached hydrogens (tertiary/aromatic N) is 3. The molecule has 1 saturated heterocycles. The minimum atomic E-state index is -5.00. The lowest BCUT2D eigenvalue weighted by Gasteiger charge is -2.21. The number of anilines is 1. The van der Waals surface area contributed by atoms with Crippen molar-refractivity contribution in [3.8, 4) is 0 Å². The Balaban J connectivity index is 2.10. The molecular weight excluding hydrogens is 400 g/mol. The molecule has 5 N–H and O–H groups in total. The molecule has 28 heavy (non-hydrogen) atoms. The Labute approximate surface area is 156 Å². The number of alkyl halides is 1. The number of rotatable bonds is 5. The highest BCUT2D eigenvalue weighted by Crippen LogP contribution is 2.54. The zero-order valence-electron chi connectivity index (χ0n) is 14.8. The molecule has 3 rings (SSSR count). The summed E-state index contributed by atoms with van der Waals surface area (Å²) in [5, 5.41) is 11.6. The van der Waals surface area contributed by atoms with E-state index in [1.807, 2.05) is 0 Å². The Morgan fingerprint density at radius 3 is 2.75 bits per heavy atom. The first kappa shape index (κ1) is 20.6. The van der Waals surface area contributed by atoms with Crippen molar-refractivity contribution >= 4 is 30.6 Å². The molecule has 1 fully saturated rings. The monoisotopic (exact) mass is 419 g/mol. The van der Waals surface area contributed by atoms with Crippen LogP contribution in [-0.2, 0) is 14.1 Å². The number of carbonyl (C=O) groups excluding carboxylic acids is 1. The van der Waals surface area contributed by atoms with Crippen molar-refractivity contribution < 1.29 is 33.4 Å². The van der Waals surface area contributed by atoms with Gasteiger partial charge in [-0.1, -0.05) is 13.8 Å². The number of amides is 1. The average Bonchev–Trinajstić information content (AvgIpc) is 3.15. The third-order valence-electron chi connectivity index (χ3n) is 4.33. The highest BCUT2D eigenvalue weighted by atomic mass is 31.2. The zero-order chi connectivity index (χ0) is 20.8. The van der Waals surface area contributed by atoms with Gasteiger partial charge in [0.05, 0.1) is 12.9 Å². The van der Waals surface area contributed by atoms with Crippen LogP contribution in [0.5, 0.6) is 0 Å². The van der Waals surface area contributed by atoms with E-state index in [1.165, 1.54) is 0 Å². The summed E-state index contributed by atoms with van der Waals surface area (Å²) < 4.78 is 32.6. The summed E-state index contributed by atoms with van der Waals surface area (Å²) in [5.74, 6) is -1.04. The second kappa shape index (κ2) is 7.33. The molecule has 1 aliphatic heterocycles. The lowest BCUT2D eigenvalue weighted by Crippen LogP contribution is -2.30. The van der Waals surface area contributed by atoms with Gasteiger partial charge in [-0.15, -0.1) is 0 Å². The number of aliphatic hydroxyl groups is 1.